The summed E-state index contributed by atoms with van der Waals surface area (Å²) < 4.78 is 4.17. The van der Waals surface area contributed by atoms with Crippen LogP contribution in [0.2, 0.25) is 0 Å². The number of carbonyl (C=O) groups excluding carboxylic acids is 1. The van der Waals surface area contributed by atoms with Crippen molar-refractivity contribution in [3.8, 4) is 0 Å². The van der Waals surface area contributed by atoms with Crippen molar-refractivity contribution in [3.05, 3.63) is 26.0 Å². The van der Waals surface area contributed by atoms with E-state index in [1.807, 2.05) is 0 Å². The summed E-state index contributed by atoms with van der Waals surface area (Å²) in [4.78, 5) is 9.75. The van der Waals surface area contributed by atoms with Crippen LogP contribution in [0.3, 0.4) is 0 Å². The molecule has 1 N–H and O–H groups in total. The Bertz CT molecular complexity index is 123. The van der Waals surface area contributed by atoms with Gasteiger partial charge >= 0.3 is 5.97 Å². The lowest BCUT2D eigenvalue weighted by molar-refractivity contribution is -0.135. The molecule has 0 unspecified atom stereocenters. The molecule has 1 aliphatic heterocycles. The van der Waals surface area contributed by atoms with Gasteiger partial charge in [0.15, 0.2) is 0 Å². The first kappa shape index (κ1) is 14.4. The molecular formula is C10H19NO2. The third-order valence-corrected chi connectivity index (χ3v) is 1.21. The van der Waals surface area contributed by atoms with E-state index in [0.29, 0.717) is 0 Å². The van der Waals surface area contributed by atoms with Crippen LogP contribution in [0.5, 0.6) is 0 Å². The Balaban J connectivity index is 0. The average Bonchev–Trinajstić information content (AvgIpc) is 2.64. The van der Waals surface area contributed by atoms with E-state index in [-0.39, 0.29) is 5.97 Å². The smallest absolute Gasteiger partial charge is 0.307 e. The maximum absolute atomic E-state index is 9.75. The molecule has 3 nitrogen and oxygen atoms in total. The largest absolute Gasteiger partial charge is 0.435 e. The van der Waals surface area contributed by atoms with Crippen LogP contribution < -0.4 is 5.32 Å². The molecule has 13 heavy (non-hydrogen) atoms. The summed E-state index contributed by atoms with van der Waals surface area (Å²) >= 11 is 0. The molecule has 0 radical (unpaired) electrons. The third-order valence-electron chi connectivity index (χ3n) is 1.21. The summed E-state index contributed by atoms with van der Waals surface area (Å²) in [6.07, 6.45) is 3.88. The molecule has 1 aliphatic rings. The molecule has 0 amide bonds. The minimum atomic E-state index is -0.329. The first-order valence-electron chi connectivity index (χ1n) is 4.26. The summed E-state index contributed by atoms with van der Waals surface area (Å²) in [6.45, 7) is 13.0. The Hall–Kier alpha value is -1.09. The van der Waals surface area contributed by atoms with E-state index in [4.69, 9.17) is 0 Å². The zero-order chi connectivity index (χ0) is 10.5. The maximum atomic E-state index is 9.75. The second kappa shape index (κ2) is 13.5. The molecule has 76 valence electrons. The van der Waals surface area contributed by atoms with Crippen molar-refractivity contribution in [1.29, 1.82) is 0 Å². The van der Waals surface area contributed by atoms with Gasteiger partial charge in [-0.2, -0.15) is 0 Å². The molecule has 0 aromatic heterocycles. The minimum absolute atomic E-state index is 0.329. The highest BCUT2D eigenvalue weighted by molar-refractivity contribution is 5.66. The molecule has 3 heteroatoms. The summed E-state index contributed by atoms with van der Waals surface area (Å²) in [5, 5.41) is 3.22. The second-order valence-corrected chi connectivity index (χ2v) is 2.23. The van der Waals surface area contributed by atoms with Gasteiger partial charge in [0.05, 0.1) is 6.26 Å². The highest BCUT2D eigenvalue weighted by Gasteiger charge is 1.93. The Morgan fingerprint density at radius 1 is 1.38 bits per heavy atom. The van der Waals surface area contributed by atoms with Crippen molar-refractivity contribution >= 4 is 5.97 Å². The Morgan fingerprint density at radius 2 is 1.85 bits per heavy atom. The Morgan fingerprint density at radius 3 is 1.92 bits per heavy atom. The maximum Gasteiger partial charge on any atom is 0.307 e. The number of nitrogens with one attached hydrogen (secondary N) is 1. The molecule has 1 rings (SSSR count). The highest BCUT2D eigenvalue weighted by atomic mass is 16.5. The monoisotopic (exact) mass is 185 g/mol. The number of hydrogen-bond donors (Lipinski definition) is 1. The Kier molecular flexibility index (Phi) is 15.0. The molecule has 0 aromatic rings. The molecule has 0 aliphatic carbocycles. The average molecular weight is 185 g/mol. The van der Waals surface area contributed by atoms with Gasteiger partial charge < -0.3 is 10.1 Å². The second-order valence-electron chi connectivity index (χ2n) is 2.23. The molecule has 0 aromatic carbocycles. The first-order valence-corrected chi connectivity index (χ1v) is 4.26. The lowest BCUT2D eigenvalue weighted by Crippen LogP contribution is -2.03. The zero-order valence-electron chi connectivity index (χ0n) is 8.34. The highest BCUT2D eigenvalue weighted by Crippen LogP contribution is 1.90. The molecule has 0 spiro atoms. The molecule has 1 saturated heterocycles. The summed E-state index contributed by atoms with van der Waals surface area (Å²) in [5.74, 6) is -0.329. The summed E-state index contributed by atoms with van der Waals surface area (Å²) in [5.41, 5.74) is 0. The van der Waals surface area contributed by atoms with E-state index < -0.39 is 0 Å². The van der Waals surface area contributed by atoms with Gasteiger partial charge in [0.2, 0.25) is 0 Å². The quantitative estimate of drug-likeness (QED) is 0.385. The minimum Gasteiger partial charge on any atom is -0.435 e. The van der Waals surface area contributed by atoms with Gasteiger partial charge in [-0.05, 0) is 25.9 Å². The number of ether oxygens (including phenoxy) is 1. The third kappa shape index (κ3) is 18.1. The fraction of sp³-hybridized carbons (Fsp3) is 0.500. The van der Waals surface area contributed by atoms with E-state index in [0.717, 1.165) is 6.26 Å². The van der Waals surface area contributed by atoms with Crippen LogP contribution in [0.4, 0.5) is 0 Å². The van der Waals surface area contributed by atoms with Crippen molar-refractivity contribution in [2.45, 2.75) is 19.8 Å². The van der Waals surface area contributed by atoms with Gasteiger partial charge in [-0.25, -0.2) is 0 Å². The van der Waals surface area contributed by atoms with Gasteiger partial charge in [0, 0.05) is 6.92 Å². The van der Waals surface area contributed by atoms with Crippen LogP contribution in [-0.2, 0) is 9.53 Å². The van der Waals surface area contributed by atoms with Gasteiger partial charge in [0.25, 0.3) is 0 Å². The Labute approximate surface area is 80.5 Å². The normalized spacial score (nSPS) is 12.7. The van der Waals surface area contributed by atoms with Crippen LogP contribution in [-0.4, -0.2) is 19.1 Å². The van der Waals surface area contributed by atoms with Gasteiger partial charge in [-0.15, -0.1) is 13.2 Å². The van der Waals surface area contributed by atoms with Crippen LogP contribution in [0.15, 0.2) is 26.0 Å². The standard InChI is InChI=1S/C4H9N.C4H6O2.C2H4/c1-2-4-5-3-1;1-3-6-4(2)5;1-2/h5H,1-4H2;3H,1H2,2H3;1-2H2. The van der Waals surface area contributed by atoms with Crippen LogP contribution in [0, 0.1) is 0 Å². The van der Waals surface area contributed by atoms with Crippen LogP contribution in [0.1, 0.15) is 19.8 Å². The van der Waals surface area contributed by atoms with Gasteiger partial charge in [-0.1, -0.05) is 6.58 Å². The predicted octanol–water partition coefficient (Wildman–Crippen LogP) is 1.86. The number of carbonyl (C=O) groups is 1. The van der Waals surface area contributed by atoms with Crippen molar-refractivity contribution in [2.24, 2.45) is 0 Å². The van der Waals surface area contributed by atoms with Crippen LogP contribution in [0.25, 0.3) is 0 Å². The van der Waals surface area contributed by atoms with E-state index >= 15 is 0 Å². The van der Waals surface area contributed by atoms with Crippen molar-refractivity contribution in [2.75, 3.05) is 13.1 Å². The van der Waals surface area contributed by atoms with E-state index in [9.17, 15) is 4.79 Å². The summed E-state index contributed by atoms with van der Waals surface area (Å²) in [7, 11) is 0. The van der Waals surface area contributed by atoms with E-state index in [2.05, 4.69) is 29.8 Å². The molecule has 0 atom stereocenters. The number of rotatable bonds is 1. The zero-order valence-corrected chi connectivity index (χ0v) is 8.34. The number of hydrogen-bond acceptors (Lipinski definition) is 3. The topological polar surface area (TPSA) is 38.3 Å². The molecular weight excluding hydrogens is 166 g/mol. The summed E-state index contributed by atoms with van der Waals surface area (Å²) in [6, 6.07) is 0. The molecule has 0 saturated carbocycles. The van der Waals surface area contributed by atoms with Gasteiger partial charge in [0.1, 0.15) is 0 Å². The van der Waals surface area contributed by atoms with Crippen molar-refractivity contribution in [1.82, 2.24) is 5.32 Å². The number of esters is 1. The molecule has 1 heterocycles. The lowest BCUT2D eigenvalue weighted by Gasteiger charge is -1.83. The van der Waals surface area contributed by atoms with Crippen molar-refractivity contribution in [3.63, 3.8) is 0 Å². The van der Waals surface area contributed by atoms with E-state index in [1.54, 1.807) is 0 Å². The van der Waals surface area contributed by atoms with Gasteiger partial charge in [-0.3, -0.25) is 4.79 Å². The fourth-order valence-corrected chi connectivity index (χ4v) is 0.742. The van der Waals surface area contributed by atoms with E-state index in [1.165, 1.54) is 32.9 Å². The van der Waals surface area contributed by atoms with Crippen LogP contribution >= 0.6 is 0 Å². The molecule has 0 bridgehead atoms. The first-order chi connectivity index (χ1) is 6.27. The van der Waals surface area contributed by atoms with Crippen molar-refractivity contribution < 1.29 is 9.53 Å². The molecule has 1 fully saturated rings. The SMILES string of the molecule is C1CCNC1.C=C.C=COC(C)=O. The predicted molar refractivity (Wildman–Crippen MR) is 55.3 cm³/mol. The fourth-order valence-electron chi connectivity index (χ4n) is 0.742. The lowest BCUT2D eigenvalue weighted by atomic mass is 10.4.